The SMILES string of the molecule is COc1ccc(-c2cn(-c3ccccc3)nc2C(=O)NCCO)cc1OC. The number of carbonyl (C=O) groups is 1. The van der Waals surface area contributed by atoms with E-state index in [0.717, 1.165) is 11.3 Å². The topological polar surface area (TPSA) is 85.6 Å². The highest BCUT2D eigenvalue weighted by atomic mass is 16.5. The van der Waals surface area contributed by atoms with Gasteiger partial charge in [-0.3, -0.25) is 4.79 Å². The molecule has 0 unspecified atom stereocenters. The molecule has 0 atom stereocenters. The van der Waals surface area contributed by atoms with Gasteiger partial charge >= 0.3 is 0 Å². The summed E-state index contributed by atoms with van der Waals surface area (Å²) in [7, 11) is 3.13. The van der Waals surface area contributed by atoms with Crippen molar-refractivity contribution >= 4 is 5.91 Å². The predicted molar refractivity (Wildman–Crippen MR) is 102 cm³/mol. The van der Waals surface area contributed by atoms with Crippen LogP contribution in [0, 0.1) is 0 Å². The number of amides is 1. The van der Waals surface area contributed by atoms with E-state index in [4.69, 9.17) is 14.6 Å². The van der Waals surface area contributed by atoms with Gasteiger partial charge in [0.2, 0.25) is 0 Å². The molecule has 0 spiro atoms. The summed E-state index contributed by atoms with van der Waals surface area (Å²) in [6.45, 7) is 0.0131. The maximum atomic E-state index is 12.6. The first kappa shape index (κ1) is 18.5. The Morgan fingerprint density at radius 2 is 1.85 bits per heavy atom. The summed E-state index contributed by atoms with van der Waals surface area (Å²) >= 11 is 0. The van der Waals surface area contributed by atoms with Crippen molar-refractivity contribution in [1.29, 1.82) is 0 Å². The molecule has 1 heterocycles. The molecule has 2 aromatic carbocycles. The minimum absolute atomic E-state index is 0.142. The van der Waals surface area contributed by atoms with Crippen LogP contribution < -0.4 is 14.8 Å². The summed E-state index contributed by atoms with van der Waals surface area (Å²) in [6.07, 6.45) is 1.80. The molecule has 0 bridgehead atoms. The highest BCUT2D eigenvalue weighted by Gasteiger charge is 2.20. The molecule has 0 fully saturated rings. The van der Waals surface area contributed by atoms with Crippen LogP contribution in [0.25, 0.3) is 16.8 Å². The van der Waals surface area contributed by atoms with Crippen molar-refractivity contribution in [2.75, 3.05) is 27.4 Å². The summed E-state index contributed by atoms with van der Waals surface area (Å²) in [5.74, 6) is 0.802. The second-order valence-electron chi connectivity index (χ2n) is 5.72. The standard InChI is InChI=1S/C20H21N3O4/c1-26-17-9-8-14(12-18(17)27-2)16-13-23(15-6-4-3-5-7-15)22-19(16)20(25)21-10-11-24/h3-9,12-13,24H,10-11H2,1-2H3,(H,21,25). The molecule has 3 rings (SSSR count). The third kappa shape index (κ3) is 3.93. The quantitative estimate of drug-likeness (QED) is 0.669. The van der Waals surface area contributed by atoms with Crippen LogP contribution in [0.3, 0.4) is 0 Å². The van der Waals surface area contributed by atoms with Gasteiger partial charge in [-0.1, -0.05) is 24.3 Å². The molecule has 0 saturated heterocycles. The van der Waals surface area contributed by atoms with Crippen LogP contribution in [0.2, 0.25) is 0 Å². The third-order valence-electron chi connectivity index (χ3n) is 4.04. The lowest BCUT2D eigenvalue weighted by Crippen LogP contribution is -2.27. The van der Waals surface area contributed by atoms with Crippen LogP contribution in [0.4, 0.5) is 0 Å². The molecule has 0 aliphatic rings. The number of para-hydroxylation sites is 1. The Morgan fingerprint density at radius 3 is 2.52 bits per heavy atom. The second kappa shape index (κ2) is 8.37. The Labute approximate surface area is 157 Å². The molecule has 0 saturated carbocycles. The molecule has 0 aliphatic heterocycles. The van der Waals surface area contributed by atoms with Gasteiger partial charge < -0.3 is 19.9 Å². The molecule has 7 heteroatoms. The zero-order valence-electron chi connectivity index (χ0n) is 15.2. The Balaban J connectivity index is 2.09. The van der Waals surface area contributed by atoms with E-state index in [9.17, 15) is 4.79 Å². The van der Waals surface area contributed by atoms with Crippen molar-refractivity contribution in [2.45, 2.75) is 0 Å². The van der Waals surface area contributed by atoms with E-state index in [1.807, 2.05) is 36.4 Å². The van der Waals surface area contributed by atoms with Gasteiger partial charge in [-0.05, 0) is 29.8 Å². The number of aliphatic hydroxyl groups is 1. The fourth-order valence-corrected chi connectivity index (χ4v) is 2.72. The molecule has 27 heavy (non-hydrogen) atoms. The highest BCUT2D eigenvalue weighted by molar-refractivity contribution is 5.99. The fourth-order valence-electron chi connectivity index (χ4n) is 2.72. The number of ether oxygens (including phenoxy) is 2. The van der Waals surface area contributed by atoms with Crippen LogP contribution in [0.5, 0.6) is 11.5 Å². The van der Waals surface area contributed by atoms with Gasteiger partial charge in [-0.15, -0.1) is 0 Å². The third-order valence-corrected chi connectivity index (χ3v) is 4.04. The number of rotatable bonds is 7. The predicted octanol–water partition coefficient (Wildman–Crippen LogP) is 2.28. The van der Waals surface area contributed by atoms with Gasteiger partial charge in [0, 0.05) is 18.3 Å². The number of nitrogens with one attached hydrogen (secondary N) is 1. The number of carbonyl (C=O) groups excluding carboxylic acids is 1. The highest BCUT2D eigenvalue weighted by Crippen LogP contribution is 2.33. The Kier molecular flexibility index (Phi) is 5.73. The maximum Gasteiger partial charge on any atom is 0.272 e. The van der Waals surface area contributed by atoms with E-state index in [2.05, 4.69) is 10.4 Å². The van der Waals surface area contributed by atoms with E-state index in [1.54, 1.807) is 37.2 Å². The van der Waals surface area contributed by atoms with Crippen molar-refractivity contribution in [1.82, 2.24) is 15.1 Å². The minimum atomic E-state index is -0.358. The van der Waals surface area contributed by atoms with Gasteiger partial charge in [0.25, 0.3) is 5.91 Å². The largest absolute Gasteiger partial charge is 0.493 e. The molecule has 1 amide bonds. The monoisotopic (exact) mass is 367 g/mol. The molecule has 2 N–H and O–H groups in total. The number of hydrogen-bond donors (Lipinski definition) is 2. The van der Waals surface area contributed by atoms with Gasteiger partial charge in [-0.2, -0.15) is 5.10 Å². The van der Waals surface area contributed by atoms with Crippen molar-refractivity contribution in [3.63, 3.8) is 0 Å². The van der Waals surface area contributed by atoms with Crippen LogP contribution in [-0.4, -0.2) is 48.2 Å². The first-order valence-electron chi connectivity index (χ1n) is 8.44. The number of nitrogens with zero attached hydrogens (tertiary/aromatic N) is 2. The Bertz CT molecular complexity index is 922. The number of aromatic nitrogens is 2. The summed E-state index contributed by atoms with van der Waals surface area (Å²) < 4.78 is 12.3. The van der Waals surface area contributed by atoms with Gasteiger partial charge in [-0.25, -0.2) is 4.68 Å². The molecule has 0 aliphatic carbocycles. The summed E-state index contributed by atoms with van der Waals surface area (Å²) in [4.78, 5) is 12.6. The zero-order valence-corrected chi connectivity index (χ0v) is 15.2. The van der Waals surface area contributed by atoms with E-state index >= 15 is 0 Å². The Hall–Kier alpha value is -3.32. The molecular weight excluding hydrogens is 346 g/mol. The lowest BCUT2D eigenvalue weighted by Gasteiger charge is -2.09. The van der Waals surface area contributed by atoms with Crippen molar-refractivity contribution in [2.24, 2.45) is 0 Å². The first-order valence-corrected chi connectivity index (χ1v) is 8.44. The number of hydrogen-bond acceptors (Lipinski definition) is 5. The normalized spacial score (nSPS) is 10.5. The van der Waals surface area contributed by atoms with E-state index in [-0.39, 0.29) is 24.8 Å². The van der Waals surface area contributed by atoms with Gasteiger partial charge in [0.1, 0.15) is 0 Å². The first-order chi connectivity index (χ1) is 13.2. The number of benzene rings is 2. The van der Waals surface area contributed by atoms with Crippen LogP contribution >= 0.6 is 0 Å². The van der Waals surface area contributed by atoms with Crippen LogP contribution in [0.15, 0.2) is 54.7 Å². The van der Waals surface area contributed by atoms with Crippen molar-refractivity contribution in [3.05, 3.63) is 60.4 Å². The molecular formula is C20H21N3O4. The summed E-state index contributed by atoms with van der Waals surface area (Å²) in [6, 6.07) is 14.9. The van der Waals surface area contributed by atoms with Crippen LogP contribution in [-0.2, 0) is 0 Å². The van der Waals surface area contributed by atoms with Gasteiger partial charge in [0.05, 0.1) is 26.5 Å². The number of methoxy groups -OCH3 is 2. The van der Waals surface area contributed by atoms with E-state index in [1.165, 1.54) is 0 Å². The lowest BCUT2D eigenvalue weighted by molar-refractivity contribution is 0.0940. The molecule has 140 valence electrons. The zero-order chi connectivity index (χ0) is 19.2. The lowest BCUT2D eigenvalue weighted by atomic mass is 10.1. The van der Waals surface area contributed by atoms with Gasteiger partial charge in [0.15, 0.2) is 17.2 Å². The molecule has 3 aromatic rings. The van der Waals surface area contributed by atoms with Crippen LogP contribution in [0.1, 0.15) is 10.5 Å². The Morgan fingerprint density at radius 1 is 1.11 bits per heavy atom. The smallest absolute Gasteiger partial charge is 0.272 e. The van der Waals surface area contributed by atoms with E-state index < -0.39 is 0 Å². The number of aliphatic hydroxyl groups excluding tert-OH is 1. The minimum Gasteiger partial charge on any atom is -0.493 e. The second-order valence-corrected chi connectivity index (χ2v) is 5.72. The molecule has 0 radical (unpaired) electrons. The summed E-state index contributed by atoms with van der Waals surface area (Å²) in [5.41, 5.74) is 2.51. The van der Waals surface area contributed by atoms with E-state index in [0.29, 0.717) is 17.1 Å². The summed E-state index contributed by atoms with van der Waals surface area (Å²) in [5, 5.41) is 16.1. The maximum absolute atomic E-state index is 12.6. The average molecular weight is 367 g/mol. The fraction of sp³-hybridized carbons (Fsp3) is 0.200. The van der Waals surface area contributed by atoms with Crippen molar-refractivity contribution < 1.29 is 19.4 Å². The molecule has 1 aromatic heterocycles. The average Bonchev–Trinajstić information content (AvgIpc) is 3.17. The molecule has 7 nitrogen and oxygen atoms in total. The van der Waals surface area contributed by atoms with Crippen molar-refractivity contribution in [3.8, 4) is 28.3 Å².